The minimum absolute atomic E-state index is 0.223. The molecule has 2 atom stereocenters. The van der Waals surface area contributed by atoms with Crippen molar-refractivity contribution in [2.75, 3.05) is 19.8 Å². The SMILES string of the molecule is CC(C(=O)O)S(=O)(=O)N1CCOC[C@@H]1C. The number of ether oxygens (including phenoxy) is 1. The van der Waals surface area contributed by atoms with Gasteiger partial charge < -0.3 is 9.84 Å². The summed E-state index contributed by atoms with van der Waals surface area (Å²) in [6.45, 7) is 3.73. The van der Waals surface area contributed by atoms with Crippen LogP contribution in [0.2, 0.25) is 0 Å². The van der Waals surface area contributed by atoms with Crippen molar-refractivity contribution in [3.05, 3.63) is 0 Å². The molecule has 0 aromatic rings. The summed E-state index contributed by atoms with van der Waals surface area (Å²) in [5.41, 5.74) is 0. The average molecular weight is 237 g/mol. The number of carbonyl (C=O) groups is 1. The Morgan fingerprint density at radius 1 is 1.60 bits per heavy atom. The molecule has 1 heterocycles. The van der Waals surface area contributed by atoms with Crippen molar-refractivity contribution in [2.24, 2.45) is 0 Å². The van der Waals surface area contributed by atoms with Gasteiger partial charge in [-0.2, -0.15) is 4.31 Å². The molecule has 0 spiro atoms. The second-order valence-corrected chi connectivity index (χ2v) is 5.77. The summed E-state index contributed by atoms with van der Waals surface area (Å²) >= 11 is 0. The van der Waals surface area contributed by atoms with Gasteiger partial charge in [-0.05, 0) is 13.8 Å². The Kier molecular flexibility index (Phi) is 3.69. The number of sulfonamides is 1. The van der Waals surface area contributed by atoms with Crippen molar-refractivity contribution < 1.29 is 23.1 Å². The van der Waals surface area contributed by atoms with Gasteiger partial charge in [-0.15, -0.1) is 0 Å². The number of carboxylic acids is 1. The molecule has 1 aliphatic heterocycles. The molecular weight excluding hydrogens is 222 g/mol. The molecule has 1 unspecified atom stereocenters. The van der Waals surface area contributed by atoms with Crippen LogP contribution in [-0.4, -0.2) is 54.8 Å². The second kappa shape index (κ2) is 4.46. The fourth-order valence-corrected chi connectivity index (χ4v) is 2.97. The third kappa shape index (κ3) is 2.47. The normalized spacial score (nSPS) is 26.1. The Bertz CT molecular complexity index is 339. The third-order valence-corrected chi connectivity index (χ3v) is 4.72. The lowest BCUT2D eigenvalue weighted by atomic mass is 10.3. The lowest BCUT2D eigenvalue weighted by molar-refractivity contribution is -0.136. The topological polar surface area (TPSA) is 83.9 Å². The molecule has 15 heavy (non-hydrogen) atoms. The van der Waals surface area contributed by atoms with Crippen molar-refractivity contribution in [1.29, 1.82) is 0 Å². The number of carboxylic acid groups (broad SMARTS) is 1. The van der Waals surface area contributed by atoms with E-state index < -0.39 is 21.2 Å². The average Bonchev–Trinajstić information content (AvgIpc) is 2.16. The van der Waals surface area contributed by atoms with Crippen LogP contribution in [0.25, 0.3) is 0 Å². The Morgan fingerprint density at radius 2 is 2.20 bits per heavy atom. The van der Waals surface area contributed by atoms with Gasteiger partial charge in [0.1, 0.15) is 0 Å². The molecule has 0 saturated carbocycles. The molecule has 1 saturated heterocycles. The molecule has 7 heteroatoms. The monoisotopic (exact) mass is 237 g/mol. The van der Waals surface area contributed by atoms with Crippen LogP contribution in [0.3, 0.4) is 0 Å². The number of hydrogen-bond acceptors (Lipinski definition) is 4. The first kappa shape index (κ1) is 12.4. The Balaban J connectivity index is 2.89. The molecule has 88 valence electrons. The molecule has 6 nitrogen and oxygen atoms in total. The zero-order chi connectivity index (χ0) is 11.6. The summed E-state index contributed by atoms with van der Waals surface area (Å²) in [4.78, 5) is 10.7. The van der Waals surface area contributed by atoms with Gasteiger partial charge in [0.25, 0.3) is 0 Å². The molecule has 1 N–H and O–H groups in total. The summed E-state index contributed by atoms with van der Waals surface area (Å²) in [6, 6.07) is -0.300. The maximum Gasteiger partial charge on any atom is 0.323 e. The smallest absolute Gasteiger partial charge is 0.323 e. The van der Waals surface area contributed by atoms with Gasteiger partial charge in [0, 0.05) is 12.6 Å². The Hall–Kier alpha value is -0.660. The number of rotatable bonds is 3. The van der Waals surface area contributed by atoms with Crippen molar-refractivity contribution >= 4 is 16.0 Å². The van der Waals surface area contributed by atoms with Crippen LogP contribution >= 0.6 is 0 Å². The number of hydrogen-bond donors (Lipinski definition) is 1. The quantitative estimate of drug-likeness (QED) is 0.716. The van der Waals surface area contributed by atoms with Gasteiger partial charge in [0.05, 0.1) is 13.2 Å². The van der Waals surface area contributed by atoms with Crippen molar-refractivity contribution in [3.8, 4) is 0 Å². The van der Waals surface area contributed by atoms with Crippen LogP contribution in [0.15, 0.2) is 0 Å². The van der Waals surface area contributed by atoms with Crippen LogP contribution in [0.5, 0.6) is 0 Å². The molecule has 0 aromatic heterocycles. The molecule has 1 rings (SSSR count). The number of morpholine rings is 1. The minimum atomic E-state index is -3.76. The van der Waals surface area contributed by atoms with Gasteiger partial charge in [0.2, 0.25) is 10.0 Å². The largest absolute Gasteiger partial charge is 0.480 e. The molecule has 0 bridgehead atoms. The summed E-state index contributed by atoms with van der Waals surface area (Å²) in [5, 5.41) is 7.29. The zero-order valence-corrected chi connectivity index (χ0v) is 9.53. The van der Waals surface area contributed by atoms with E-state index in [0.717, 1.165) is 0 Å². The van der Waals surface area contributed by atoms with Gasteiger partial charge in [-0.3, -0.25) is 4.79 Å². The maximum absolute atomic E-state index is 11.8. The van der Waals surface area contributed by atoms with Crippen LogP contribution in [0.1, 0.15) is 13.8 Å². The number of nitrogens with zero attached hydrogens (tertiary/aromatic N) is 1. The second-order valence-electron chi connectivity index (χ2n) is 3.56. The van der Waals surface area contributed by atoms with Gasteiger partial charge in [-0.25, -0.2) is 8.42 Å². The molecule has 0 amide bonds. The highest BCUT2D eigenvalue weighted by Gasteiger charge is 2.37. The highest BCUT2D eigenvalue weighted by Crippen LogP contribution is 2.16. The summed E-state index contributed by atoms with van der Waals surface area (Å²) in [6.07, 6.45) is 0. The van der Waals surface area contributed by atoms with Crippen molar-refractivity contribution in [2.45, 2.75) is 25.1 Å². The minimum Gasteiger partial charge on any atom is -0.480 e. The molecule has 1 fully saturated rings. The fraction of sp³-hybridized carbons (Fsp3) is 0.875. The van der Waals surface area contributed by atoms with E-state index in [2.05, 4.69) is 0 Å². The molecule has 0 aromatic carbocycles. The van der Waals surface area contributed by atoms with Crippen LogP contribution in [-0.2, 0) is 19.6 Å². The first-order valence-electron chi connectivity index (χ1n) is 4.68. The van der Waals surface area contributed by atoms with Crippen LogP contribution in [0, 0.1) is 0 Å². The number of aliphatic carboxylic acids is 1. The van der Waals surface area contributed by atoms with E-state index in [9.17, 15) is 13.2 Å². The maximum atomic E-state index is 11.8. The molecule has 1 aliphatic rings. The van der Waals surface area contributed by atoms with Crippen LogP contribution in [0.4, 0.5) is 0 Å². The highest BCUT2D eigenvalue weighted by atomic mass is 32.2. The van der Waals surface area contributed by atoms with Gasteiger partial charge in [-0.1, -0.05) is 0 Å². The lowest BCUT2D eigenvalue weighted by Crippen LogP contribution is -2.51. The first-order chi connectivity index (χ1) is 6.87. The molecule has 0 aliphatic carbocycles. The van der Waals surface area contributed by atoms with Crippen LogP contribution < -0.4 is 0 Å². The van der Waals surface area contributed by atoms with E-state index in [1.165, 1.54) is 11.2 Å². The zero-order valence-electron chi connectivity index (χ0n) is 8.71. The van der Waals surface area contributed by atoms with Crippen molar-refractivity contribution in [1.82, 2.24) is 4.31 Å². The van der Waals surface area contributed by atoms with E-state index in [4.69, 9.17) is 9.84 Å². The fourth-order valence-electron chi connectivity index (χ4n) is 1.42. The predicted octanol–water partition coefficient (Wildman–Crippen LogP) is -0.490. The van der Waals surface area contributed by atoms with Gasteiger partial charge >= 0.3 is 5.97 Å². The van der Waals surface area contributed by atoms with Gasteiger partial charge in [0.15, 0.2) is 5.25 Å². The Morgan fingerprint density at radius 3 is 2.67 bits per heavy atom. The highest BCUT2D eigenvalue weighted by molar-refractivity contribution is 7.90. The Labute approximate surface area is 88.9 Å². The third-order valence-electron chi connectivity index (χ3n) is 2.43. The summed E-state index contributed by atoms with van der Waals surface area (Å²) in [5.74, 6) is -1.33. The van der Waals surface area contributed by atoms with Crippen molar-refractivity contribution in [3.63, 3.8) is 0 Å². The molecule has 0 radical (unpaired) electrons. The lowest BCUT2D eigenvalue weighted by Gasteiger charge is -2.33. The van der Waals surface area contributed by atoms with E-state index >= 15 is 0 Å². The summed E-state index contributed by atoms with van der Waals surface area (Å²) in [7, 11) is -3.76. The van der Waals surface area contributed by atoms with E-state index in [1.54, 1.807) is 6.92 Å². The standard InChI is InChI=1S/C8H15NO5S/c1-6-5-14-4-3-9(6)15(12,13)7(2)8(10)11/h6-7H,3-5H2,1-2H3,(H,10,11)/t6-,7?/m0/s1. The first-order valence-corrected chi connectivity index (χ1v) is 6.19. The van der Waals surface area contributed by atoms with E-state index in [-0.39, 0.29) is 12.6 Å². The predicted molar refractivity (Wildman–Crippen MR) is 53.0 cm³/mol. The molecular formula is C8H15NO5S. The summed E-state index contributed by atoms with van der Waals surface area (Å²) < 4.78 is 30.0. The van der Waals surface area contributed by atoms with E-state index in [0.29, 0.717) is 13.2 Å². The van der Waals surface area contributed by atoms with E-state index in [1.807, 2.05) is 0 Å².